The van der Waals surface area contributed by atoms with Gasteiger partial charge in [0.25, 0.3) is 0 Å². The van der Waals surface area contributed by atoms with Crippen molar-refractivity contribution >= 4 is 23.7 Å². The molecule has 0 saturated heterocycles. The maximum Gasteiger partial charge on any atom is 0.328 e. The highest BCUT2D eigenvalue weighted by Crippen LogP contribution is 2.12. The van der Waals surface area contributed by atoms with Gasteiger partial charge in [-0.2, -0.15) is 0 Å². The van der Waals surface area contributed by atoms with E-state index in [1.165, 1.54) is 24.3 Å². The smallest absolute Gasteiger partial charge is 0.328 e. The molecule has 0 fully saturated rings. The number of nitrogens with two attached hydrogens (primary N) is 2. The van der Waals surface area contributed by atoms with Crippen LogP contribution in [0, 0.1) is 0 Å². The van der Waals surface area contributed by atoms with Crippen LogP contribution in [0.5, 0.6) is 5.75 Å². The van der Waals surface area contributed by atoms with Crippen LogP contribution in [0.3, 0.4) is 0 Å². The molecule has 3 atom stereocenters. The summed E-state index contributed by atoms with van der Waals surface area (Å²) in [6.07, 6.45) is -0.170. The van der Waals surface area contributed by atoms with Crippen LogP contribution in [0.15, 0.2) is 24.3 Å². The molecule has 9 N–H and O–H groups in total. The molecular weight excluding hydrogens is 372 g/mol. The number of hydrogen-bond acceptors (Lipinski definition) is 7. The number of phenols is 1. The van der Waals surface area contributed by atoms with Gasteiger partial charge in [0.1, 0.15) is 17.8 Å². The van der Waals surface area contributed by atoms with Gasteiger partial charge in [0.05, 0.1) is 12.6 Å². The van der Waals surface area contributed by atoms with Gasteiger partial charge in [-0.25, -0.2) is 4.79 Å². The molecule has 0 aliphatic carbocycles. The van der Waals surface area contributed by atoms with Gasteiger partial charge in [-0.15, -0.1) is 0 Å². The number of benzene rings is 1. The largest absolute Gasteiger partial charge is 0.508 e. The number of aliphatic carboxylic acids is 1. The predicted octanol–water partition coefficient (Wildman–Crippen LogP) is -2.43. The normalized spacial score (nSPS) is 13.8. The first-order valence-electron chi connectivity index (χ1n) is 8.40. The standard InChI is InChI=1S/C17H24N4O7/c18-11(5-6-14(19)24)15(25)20-12(7-9-1-3-10(23)4-2-9)16(26)21-13(8-22)17(27)28/h1-4,11-13,22-23H,5-8,18H2,(H2,19,24)(H,20,25)(H,21,26)(H,27,28). The van der Waals surface area contributed by atoms with Gasteiger partial charge in [-0.1, -0.05) is 12.1 Å². The highest BCUT2D eigenvalue weighted by Gasteiger charge is 2.28. The van der Waals surface area contributed by atoms with Crippen LogP contribution in [0.2, 0.25) is 0 Å². The Hall–Kier alpha value is -3.18. The fourth-order valence-corrected chi connectivity index (χ4v) is 2.24. The highest BCUT2D eigenvalue weighted by molar-refractivity contribution is 5.92. The number of carbonyl (C=O) groups is 4. The molecule has 0 heterocycles. The Morgan fingerprint density at radius 1 is 1.00 bits per heavy atom. The number of primary amides is 1. The highest BCUT2D eigenvalue weighted by atomic mass is 16.4. The molecule has 1 aromatic carbocycles. The Balaban J connectivity index is 2.91. The summed E-state index contributed by atoms with van der Waals surface area (Å²) in [6, 6.07) is 1.97. The van der Waals surface area contributed by atoms with Crippen molar-refractivity contribution in [1.82, 2.24) is 10.6 Å². The summed E-state index contributed by atoms with van der Waals surface area (Å²) in [5.41, 5.74) is 11.3. The molecule has 1 aromatic rings. The van der Waals surface area contributed by atoms with E-state index in [4.69, 9.17) is 21.7 Å². The van der Waals surface area contributed by atoms with Gasteiger partial charge in [0.2, 0.25) is 17.7 Å². The van der Waals surface area contributed by atoms with E-state index in [2.05, 4.69) is 10.6 Å². The number of carboxylic acids is 1. The van der Waals surface area contributed by atoms with E-state index in [1.54, 1.807) is 0 Å². The fraction of sp³-hybridized carbons (Fsp3) is 0.412. The minimum Gasteiger partial charge on any atom is -0.508 e. The summed E-state index contributed by atoms with van der Waals surface area (Å²) in [7, 11) is 0. The van der Waals surface area contributed by atoms with Gasteiger partial charge in [-0.3, -0.25) is 14.4 Å². The molecule has 28 heavy (non-hydrogen) atoms. The zero-order valence-corrected chi connectivity index (χ0v) is 15.0. The molecule has 0 spiro atoms. The molecule has 0 aliphatic heterocycles. The summed E-state index contributed by atoms with van der Waals surface area (Å²) < 4.78 is 0. The van der Waals surface area contributed by atoms with E-state index in [0.29, 0.717) is 5.56 Å². The van der Waals surface area contributed by atoms with Gasteiger partial charge in [0, 0.05) is 12.8 Å². The van der Waals surface area contributed by atoms with E-state index in [0.717, 1.165) is 0 Å². The Kier molecular flexibility index (Phi) is 8.85. The second kappa shape index (κ2) is 10.8. The van der Waals surface area contributed by atoms with Gasteiger partial charge in [0.15, 0.2) is 0 Å². The molecule has 3 unspecified atom stereocenters. The summed E-state index contributed by atoms with van der Waals surface area (Å²) in [5.74, 6) is -3.63. The molecular formula is C17H24N4O7. The molecule has 0 bridgehead atoms. The number of aliphatic hydroxyl groups excluding tert-OH is 1. The molecule has 0 radical (unpaired) electrons. The third-order valence-electron chi connectivity index (χ3n) is 3.84. The van der Waals surface area contributed by atoms with Crippen molar-refractivity contribution in [2.24, 2.45) is 11.5 Å². The quantitative estimate of drug-likeness (QED) is 0.214. The summed E-state index contributed by atoms with van der Waals surface area (Å²) >= 11 is 0. The molecule has 11 nitrogen and oxygen atoms in total. The first kappa shape index (κ1) is 22.9. The summed E-state index contributed by atoms with van der Waals surface area (Å²) in [4.78, 5) is 46.5. The SMILES string of the molecule is NC(=O)CCC(N)C(=O)NC(Cc1ccc(O)cc1)C(=O)NC(CO)C(=O)O. The monoisotopic (exact) mass is 396 g/mol. The third-order valence-corrected chi connectivity index (χ3v) is 3.84. The van der Waals surface area contributed by atoms with Crippen molar-refractivity contribution in [1.29, 1.82) is 0 Å². The summed E-state index contributed by atoms with van der Waals surface area (Å²) in [6.45, 7) is -0.834. The Morgan fingerprint density at radius 2 is 1.57 bits per heavy atom. The number of aromatic hydroxyl groups is 1. The fourth-order valence-electron chi connectivity index (χ4n) is 2.24. The predicted molar refractivity (Wildman–Crippen MR) is 96.8 cm³/mol. The molecule has 11 heteroatoms. The minimum absolute atomic E-state index is 0.00785. The number of aliphatic hydroxyl groups is 1. The average molecular weight is 396 g/mol. The van der Waals surface area contributed by atoms with Gasteiger partial charge < -0.3 is 37.4 Å². The lowest BCUT2D eigenvalue weighted by atomic mass is 10.0. The van der Waals surface area contributed by atoms with Crippen LogP contribution in [0.1, 0.15) is 18.4 Å². The van der Waals surface area contributed by atoms with Crippen molar-refractivity contribution < 1.29 is 34.5 Å². The second-order valence-electron chi connectivity index (χ2n) is 6.13. The van der Waals surface area contributed by atoms with Crippen LogP contribution >= 0.6 is 0 Å². The number of phenolic OH excluding ortho intramolecular Hbond substituents is 1. The maximum absolute atomic E-state index is 12.4. The van der Waals surface area contributed by atoms with Crippen molar-refractivity contribution in [3.63, 3.8) is 0 Å². The lowest BCUT2D eigenvalue weighted by molar-refractivity contribution is -0.143. The second-order valence-corrected chi connectivity index (χ2v) is 6.13. The van der Waals surface area contributed by atoms with Crippen molar-refractivity contribution in [3.8, 4) is 5.75 Å². The van der Waals surface area contributed by atoms with Crippen LogP contribution in [-0.2, 0) is 25.6 Å². The van der Waals surface area contributed by atoms with E-state index in [1.807, 2.05) is 0 Å². The first-order valence-corrected chi connectivity index (χ1v) is 8.40. The number of carboxylic acid groups (broad SMARTS) is 1. The number of rotatable bonds is 11. The molecule has 154 valence electrons. The molecule has 3 amide bonds. The molecule has 0 saturated carbocycles. The van der Waals surface area contributed by atoms with Crippen molar-refractivity contribution in [2.75, 3.05) is 6.61 Å². The lowest BCUT2D eigenvalue weighted by Crippen LogP contribution is -2.56. The molecule has 1 rings (SSSR count). The van der Waals surface area contributed by atoms with Crippen LogP contribution in [-0.4, -0.2) is 63.7 Å². The first-order chi connectivity index (χ1) is 13.1. The van der Waals surface area contributed by atoms with Crippen molar-refractivity contribution in [3.05, 3.63) is 29.8 Å². The Labute approximate surface area is 160 Å². The average Bonchev–Trinajstić information content (AvgIpc) is 2.64. The van der Waals surface area contributed by atoms with E-state index in [-0.39, 0.29) is 25.0 Å². The number of hydrogen-bond donors (Lipinski definition) is 7. The van der Waals surface area contributed by atoms with Crippen LogP contribution < -0.4 is 22.1 Å². The third kappa shape index (κ3) is 7.60. The van der Waals surface area contributed by atoms with E-state index in [9.17, 15) is 24.3 Å². The van der Waals surface area contributed by atoms with Gasteiger partial charge >= 0.3 is 5.97 Å². The maximum atomic E-state index is 12.4. The van der Waals surface area contributed by atoms with E-state index >= 15 is 0 Å². The number of carbonyl (C=O) groups excluding carboxylic acids is 3. The minimum atomic E-state index is -1.55. The zero-order valence-electron chi connectivity index (χ0n) is 15.0. The van der Waals surface area contributed by atoms with Gasteiger partial charge in [-0.05, 0) is 24.1 Å². The topological polar surface area (TPSA) is 205 Å². The lowest BCUT2D eigenvalue weighted by Gasteiger charge is -2.22. The Morgan fingerprint density at radius 3 is 2.07 bits per heavy atom. The van der Waals surface area contributed by atoms with E-state index < -0.39 is 48.4 Å². The summed E-state index contributed by atoms with van der Waals surface area (Å²) in [5, 5.41) is 31.9. The zero-order chi connectivity index (χ0) is 21.3. The molecule has 0 aromatic heterocycles. The van der Waals surface area contributed by atoms with Crippen molar-refractivity contribution in [2.45, 2.75) is 37.4 Å². The number of nitrogens with one attached hydrogen (secondary N) is 2. The molecule has 0 aliphatic rings. The number of amides is 3. The Bertz CT molecular complexity index is 708. The van der Waals surface area contributed by atoms with Crippen LogP contribution in [0.25, 0.3) is 0 Å². The van der Waals surface area contributed by atoms with Crippen LogP contribution in [0.4, 0.5) is 0 Å².